The Morgan fingerprint density at radius 1 is 1.42 bits per heavy atom. The standard InChI is InChI=1S/C17H19BrN2O4/c1-10-14(16(21)24-9-11-5-4-8-23-11)15(20-17(22)19-10)12-6-2-3-7-13(12)18/h2-3,6-7,11,15H,4-5,8-9H2,1H3,(H2,19,20,22)/t11-,15+/m0/s1. The molecule has 0 radical (unpaired) electrons. The molecule has 2 aliphatic rings. The van der Waals surface area contributed by atoms with Crippen molar-refractivity contribution in [2.24, 2.45) is 0 Å². The van der Waals surface area contributed by atoms with Gasteiger partial charge >= 0.3 is 12.0 Å². The smallest absolute Gasteiger partial charge is 0.338 e. The summed E-state index contributed by atoms with van der Waals surface area (Å²) >= 11 is 3.47. The SMILES string of the molecule is CC1=C(C(=O)OC[C@@H]2CCCO2)[C@@H](c2ccccc2Br)NC(=O)N1. The van der Waals surface area contributed by atoms with Crippen molar-refractivity contribution in [3.63, 3.8) is 0 Å². The number of urea groups is 1. The molecule has 1 fully saturated rings. The Hall–Kier alpha value is -1.86. The Balaban J connectivity index is 1.83. The monoisotopic (exact) mass is 394 g/mol. The number of hydrogen-bond donors (Lipinski definition) is 2. The molecule has 128 valence electrons. The third kappa shape index (κ3) is 3.62. The van der Waals surface area contributed by atoms with E-state index in [1.807, 2.05) is 24.3 Å². The number of rotatable bonds is 4. The van der Waals surface area contributed by atoms with Crippen LogP contribution in [0.5, 0.6) is 0 Å². The number of esters is 1. The summed E-state index contributed by atoms with van der Waals surface area (Å²) in [5.74, 6) is -0.448. The zero-order chi connectivity index (χ0) is 17.1. The van der Waals surface area contributed by atoms with Gasteiger partial charge in [0.1, 0.15) is 6.61 Å². The van der Waals surface area contributed by atoms with Crippen LogP contribution in [0.2, 0.25) is 0 Å². The normalized spacial score (nSPS) is 23.7. The maximum absolute atomic E-state index is 12.6. The highest BCUT2D eigenvalue weighted by Crippen LogP contribution is 2.32. The van der Waals surface area contributed by atoms with Gasteiger partial charge in [0.2, 0.25) is 0 Å². The first-order valence-corrected chi connectivity index (χ1v) is 8.67. The quantitative estimate of drug-likeness (QED) is 0.769. The molecule has 0 spiro atoms. The Morgan fingerprint density at radius 3 is 2.92 bits per heavy atom. The lowest BCUT2D eigenvalue weighted by atomic mass is 9.95. The van der Waals surface area contributed by atoms with E-state index in [0.29, 0.717) is 17.9 Å². The van der Waals surface area contributed by atoms with E-state index in [2.05, 4.69) is 26.6 Å². The van der Waals surface area contributed by atoms with Crippen LogP contribution in [-0.4, -0.2) is 31.3 Å². The van der Waals surface area contributed by atoms with Gasteiger partial charge in [0, 0.05) is 16.8 Å². The summed E-state index contributed by atoms with van der Waals surface area (Å²) in [5, 5.41) is 5.43. The summed E-state index contributed by atoms with van der Waals surface area (Å²) in [4.78, 5) is 24.5. The Morgan fingerprint density at radius 2 is 2.21 bits per heavy atom. The molecule has 0 aliphatic carbocycles. The second-order valence-corrected chi connectivity index (χ2v) is 6.68. The van der Waals surface area contributed by atoms with Crippen molar-refractivity contribution in [2.45, 2.75) is 31.9 Å². The lowest BCUT2D eigenvalue weighted by Crippen LogP contribution is -2.45. The maximum atomic E-state index is 12.6. The van der Waals surface area contributed by atoms with Crippen LogP contribution >= 0.6 is 15.9 Å². The first-order valence-electron chi connectivity index (χ1n) is 7.87. The van der Waals surface area contributed by atoms with Crippen LogP contribution in [0.1, 0.15) is 31.4 Å². The Labute approximate surface area is 148 Å². The fourth-order valence-corrected chi connectivity index (χ4v) is 3.44. The van der Waals surface area contributed by atoms with Gasteiger partial charge in [0.05, 0.1) is 17.7 Å². The molecule has 3 rings (SSSR count). The molecular formula is C17H19BrN2O4. The first-order chi connectivity index (χ1) is 11.6. The average Bonchev–Trinajstić information content (AvgIpc) is 3.06. The van der Waals surface area contributed by atoms with Crippen molar-refractivity contribution in [3.05, 3.63) is 45.6 Å². The van der Waals surface area contributed by atoms with Crippen LogP contribution in [0.4, 0.5) is 4.79 Å². The minimum Gasteiger partial charge on any atom is -0.459 e. The molecule has 0 aromatic heterocycles. The molecule has 1 aromatic carbocycles. The lowest BCUT2D eigenvalue weighted by molar-refractivity contribution is -0.142. The van der Waals surface area contributed by atoms with Crippen molar-refractivity contribution >= 4 is 27.9 Å². The number of amides is 2. The van der Waals surface area contributed by atoms with E-state index in [4.69, 9.17) is 9.47 Å². The predicted molar refractivity (Wildman–Crippen MR) is 91.2 cm³/mol. The van der Waals surface area contributed by atoms with Crippen molar-refractivity contribution in [1.82, 2.24) is 10.6 Å². The first kappa shape index (κ1) is 17.0. The van der Waals surface area contributed by atoms with Crippen LogP contribution in [0, 0.1) is 0 Å². The maximum Gasteiger partial charge on any atom is 0.338 e. The van der Waals surface area contributed by atoms with E-state index in [0.717, 1.165) is 22.9 Å². The highest BCUT2D eigenvalue weighted by molar-refractivity contribution is 9.10. The second-order valence-electron chi connectivity index (χ2n) is 5.83. The van der Waals surface area contributed by atoms with Crippen molar-refractivity contribution in [2.75, 3.05) is 13.2 Å². The number of halogens is 1. The number of benzene rings is 1. The van der Waals surface area contributed by atoms with Crippen LogP contribution < -0.4 is 10.6 Å². The lowest BCUT2D eigenvalue weighted by Gasteiger charge is -2.29. The summed E-state index contributed by atoms with van der Waals surface area (Å²) in [6.45, 7) is 2.64. The van der Waals surface area contributed by atoms with Gasteiger partial charge < -0.3 is 20.1 Å². The van der Waals surface area contributed by atoms with Crippen LogP contribution in [0.3, 0.4) is 0 Å². The molecule has 2 amide bonds. The highest BCUT2D eigenvalue weighted by atomic mass is 79.9. The molecule has 24 heavy (non-hydrogen) atoms. The van der Waals surface area contributed by atoms with Gasteiger partial charge in [-0.2, -0.15) is 0 Å². The second kappa shape index (κ2) is 7.36. The van der Waals surface area contributed by atoms with E-state index in [1.165, 1.54) is 0 Å². The molecule has 1 saturated heterocycles. The molecule has 2 aliphatic heterocycles. The summed E-state index contributed by atoms with van der Waals surface area (Å²) in [6, 6.07) is 6.56. The Bertz CT molecular complexity index is 683. The molecule has 0 bridgehead atoms. The molecule has 6 nitrogen and oxygen atoms in total. The van der Waals surface area contributed by atoms with Gasteiger partial charge in [-0.1, -0.05) is 34.1 Å². The summed E-state index contributed by atoms with van der Waals surface area (Å²) in [6.07, 6.45) is 1.85. The molecule has 7 heteroatoms. The van der Waals surface area contributed by atoms with E-state index in [1.54, 1.807) is 6.92 Å². The van der Waals surface area contributed by atoms with Crippen LogP contribution in [0.25, 0.3) is 0 Å². The zero-order valence-corrected chi connectivity index (χ0v) is 14.9. The minimum atomic E-state index is -0.564. The minimum absolute atomic E-state index is 0.0390. The fourth-order valence-electron chi connectivity index (χ4n) is 2.93. The van der Waals surface area contributed by atoms with Crippen molar-refractivity contribution < 1.29 is 19.1 Å². The van der Waals surface area contributed by atoms with Crippen LogP contribution in [-0.2, 0) is 14.3 Å². The molecule has 0 unspecified atom stereocenters. The third-order valence-corrected chi connectivity index (χ3v) is 4.85. The highest BCUT2D eigenvalue weighted by Gasteiger charge is 2.33. The van der Waals surface area contributed by atoms with Gasteiger partial charge in [-0.25, -0.2) is 9.59 Å². The molecule has 1 aromatic rings. The summed E-state index contributed by atoms with van der Waals surface area (Å²) in [7, 11) is 0. The van der Waals surface area contributed by atoms with Crippen molar-refractivity contribution in [3.8, 4) is 0 Å². The van der Waals surface area contributed by atoms with E-state index < -0.39 is 12.0 Å². The van der Waals surface area contributed by atoms with E-state index in [9.17, 15) is 9.59 Å². The number of ether oxygens (including phenoxy) is 2. The molecule has 2 heterocycles. The molecule has 2 N–H and O–H groups in total. The van der Waals surface area contributed by atoms with Gasteiger partial charge in [-0.05, 0) is 31.4 Å². The van der Waals surface area contributed by atoms with E-state index >= 15 is 0 Å². The third-order valence-electron chi connectivity index (χ3n) is 4.13. The topological polar surface area (TPSA) is 76.7 Å². The van der Waals surface area contributed by atoms with Gasteiger partial charge in [0.25, 0.3) is 0 Å². The van der Waals surface area contributed by atoms with Gasteiger partial charge in [0.15, 0.2) is 0 Å². The Kier molecular flexibility index (Phi) is 5.20. The van der Waals surface area contributed by atoms with Gasteiger partial charge in [-0.15, -0.1) is 0 Å². The number of hydrogen-bond acceptors (Lipinski definition) is 4. The zero-order valence-electron chi connectivity index (χ0n) is 13.3. The van der Waals surface area contributed by atoms with E-state index in [-0.39, 0.29) is 18.7 Å². The molecule has 0 saturated carbocycles. The summed E-state index contributed by atoms with van der Waals surface area (Å²) < 4.78 is 11.7. The number of carbonyl (C=O) groups is 2. The molecule has 2 atom stereocenters. The number of carbonyl (C=O) groups excluding carboxylic acids is 2. The summed E-state index contributed by atoms with van der Waals surface area (Å²) in [5.41, 5.74) is 1.70. The number of allylic oxidation sites excluding steroid dienone is 1. The fraction of sp³-hybridized carbons (Fsp3) is 0.412. The number of nitrogens with one attached hydrogen (secondary N) is 2. The largest absolute Gasteiger partial charge is 0.459 e. The average molecular weight is 395 g/mol. The molecular weight excluding hydrogens is 376 g/mol. The predicted octanol–water partition coefficient (Wildman–Crippen LogP) is 2.80. The van der Waals surface area contributed by atoms with Gasteiger partial charge in [-0.3, -0.25) is 0 Å². The van der Waals surface area contributed by atoms with Crippen LogP contribution in [0.15, 0.2) is 40.0 Å². The van der Waals surface area contributed by atoms with Crippen molar-refractivity contribution in [1.29, 1.82) is 0 Å².